The van der Waals surface area contributed by atoms with E-state index in [1.807, 2.05) is 0 Å². The van der Waals surface area contributed by atoms with Crippen LogP contribution in [0.15, 0.2) is 42.5 Å². The lowest BCUT2D eigenvalue weighted by molar-refractivity contribution is 0.638. The SMILES string of the molecule is Cl.NC(c1cccc2ccccc12)C1CC1. The summed E-state index contributed by atoms with van der Waals surface area (Å²) in [4.78, 5) is 0. The van der Waals surface area contributed by atoms with Gasteiger partial charge >= 0.3 is 0 Å². The molecule has 1 nitrogen and oxygen atoms in total. The van der Waals surface area contributed by atoms with Crippen LogP contribution in [0.1, 0.15) is 24.4 Å². The summed E-state index contributed by atoms with van der Waals surface area (Å²) in [6, 6.07) is 15.2. The molecular formula is C14H16ClN. The third kappa shape index (κ3) is 1.93. The van der Waals surface area contributed by atoms with Crippen LogP contribution in [0.3, 0.4) is 0 Å². The Labute approximate surface area is 102 Å². The minimum atomic E-state index is 0. The van der Waals surface area contributed by atoms with Crippen molar-refractivity contribution in [3.63, 3.8) is 0 Å². The van der Waals surface area contributed by atoms with E-state index in [0.29, 0.717) is 0 Å². The maximum Gasteiger partial charge on any atom is 0.0329 e. The molecule has 1 aliphatic rings. The van der Waals surface area contributed by atoms with E-state index >= 15 is 0 Å². The fourth-order valence-corrected chi connectivity index (χ4v) is 2.25. The molecule has 1 fully saturated rings. The van der Waals surface area contributed by atoms with Crippen molar-refractivity contribution in [3.05, 3.63) is 48.0 Å². The number of nitrogens with two attached hydrogens (primary N) is 1. The fraction of sp³-hybridized carbons (Fsp3) is 0.286. The van der Waals surface area contributed by atoms with Crippen LogP contribution in [0.25, 0.3) is 10.8 Å². The molecule has 84 valence electrons. The van der Waals surface area contributed by atoms with Crippen molar-refractivity contribution in [2.75, 3.05) is 0 Å². The monoisotopic (exact) mass is 233 g/mol. The maximum atomic E-state index is 6.27. The molecule has 1 saturated carbocycles. The molecule has 0 radical (unpaired) electrons. The molecule has 2 N–H and O–H groups in total. The summed E-state index contributed by atoms with van der Waals surface area (Å²) >= 11 is 0. The summed E-state index contributed by atoms with van der Waals surface area (Å²) in [5, 5.41) is 2.62. The largest absolute Gasteiger partial charge is 0.324 e. The fourth-order valence-electron chi connectivity index (χ4n) is 2.25. The zero-order chi connectivity index (χ0) is 10.3. The van der Waals surface area contributed by atoms with Crippen molar-refractivity contribution in [2.45, 2.75) is 18.9 Å². The van der Waals surface area contributed by atoms with Crippen LogP contribution >= 0.6 is 12.4 Å². The quantitative estimate of drug-likeness (QED) is 0.842. The number of benzene rings is 2. The molecule has 1 atom stereocenters. The average molecular weight is 234 g/mol. The van der Waals surface area contributed by atoms with Gasteiger partial charge in [0.05, 0.1) is 0 Å². The topological polar surface area (TPSA) is 26.0 Å². The Morgan fingerprint density at radius 1 is 1.00 bits per heavy atom. The van der Waals surface area contributed by atoms with Gasteiger partial charge in [-0.2, -0.15) is 0 Å². The molecule has 2 aromatic rings. The van der Waals surface area contributed by atoms with Gasteiger partial charge in [-0.05, 0) is 35.1 Å². The van der Waals surface area contributed by atoms with E-state index in [4.69, 9.17) is 5.73 Å². The zero-order valence-corrected chi connectivity index (χ0v) is 9.91. The third-order valence-corrected chi connectivity index (χ3v) is 3.31. The van der Waals surface area contributed by atoms with E-state index in [0.717, 1.165) is 5.92 Å². The first-order valence-corrected chi connectivity index (χ1v) is 5.59. The minimum Gasteiger partial charge on any atom is -0.324 e. The van der Waals surface area contributed by atoms with Gasteiger partial charge in [0.2, 0.25) is 0 Å². The van der Waals surface area contributed by atoms with Crippen molar-refractivity contribution in [2.24, 2.45) is 11.7 Å². The summed E-state index contributed by atoms with van der Waals surface area (Å²) in [6.45, 7) is 0. The average Bonchev–Trinajstić information content (AvgIpc) is 3.11. The van der Waals surface area contributed by atoms with Gasteiger partial charge in [-0.3, -0.25) is 0 Å². The van der Waals surface area contributed by atoms with Crippen LogP contribution in [-0.2, 0) is 0 Å². The van der Waals surface area contributed by atoms with Crippen LogP contribution in [-0.4, -0.2) is 0 Å². The highest BCUT2D eigenvalue weighted by Gasteiger charge is 2.30. The van der Waals surface area contributed by atoms with E-state index in [9.17, 15) is 0 Å². The second kappa shape index (κ2) is 4.44. The molecule has 16 heavy (non-hydrogen) atoms. The first-order chi connectivity index (χ1) is 7.36. The van der Waals surface area contributed by atoms with Gasteiger partial charge in [0.25, 0.3) is 0 Å². The van der Waals surface area contributed by atoms with E-state index in [1.54, 1.807) is 0 Å². The lowest BCUT2D eigenvalue weighted by Crippen LogP contribution is -2.12. The van der Waals surface area contributed by atoms with Gasteiger partial charge in [-0.1, -0.05) is 42.5 Å². The molecule has 3 rings (SSSR count). The standard InChI is InChI=1S/C14H15N.ClH/c15-14(11-8-9-11)13-7-3-5-10-4-1-2-6-12(10)13;/h1-7,11,14H,8-9,15H2;1H. The highest BCUT2D eigenvalue weighted by Crippen LogP contribution is 2.41. The van der Waals surface area contributed by atoms with Crippen LogP contribution < -0.4 is 5.73 Å². The number of hydrogen-bond acceptors (Lipinski definition) is 1. The third-order valence-electron chi connectivity index (χ3n) is 3.31. The smallest absolute Gasteiger partial charge is 0.0329 e. The summed E-state index contributed by atoms with van der Waals surface area (Å²) < 4.78 is 0. The first-order valence-electron chi connectivity index (χ1n) is 5.59. The van der Waals surface area contributed by atoms with Gasteiger partial charge in [0, 0.05) is 6.04 Å². The van der Waals surface area contributed by atoms with Crippen molar-refractivity contribution >= 4 is 23.2 Å². The summed E-state index contributed by atoms with van der Waals surface area (Å²) in [5.41, 5.74) is 7.58. The molecule has 0 spiro atoms. The van der Waals surface area contributed by atoms with E-state index in [1.165, 1.54) is 29.2 Å². The number of hydrogen-bond donors (Lipinski definition) is 1. The second-order valence-electron chi connectivity index (χ2n) is 4.43. The first kappa shape index (κ1) is 11.4. The molecule has 2 heteroatoms. The highest BCUT2D eigenvalue weighted by molar-refractivity contribution is 5.86. The molecule has 0 bridgehead atoms. The van der Waals surface area contributed by atoms with Gasteiger partial charge in [-0.15, -0.1) is 12.4 Å². The number of rotatable bonds is 2. The Balaban J connectivity index is 0.000000963. The molecule has 1 aliphatic carbocycles. The van der Waals surface area contributed by atoms with Gasteiger partial charge in [-0.25, -0.2) is 0 Å². The summed E-state index contributed by atoms with van der Waals surface area (Å²) in [6.07, 6.45) is 2.59. The molecular weight excluding hydrogens is 218 g/mol. The Kier molecular flexibility index (Phi) is 3.17. The second-order valence-corrected chi connectivity index (χ2v) is 4.43. The Hall–Kier alpha value is -1.05. The molecule has 1 unspecified atom stereocenters. The Bertz CT molecular complexity index is 486. The molecule has 0 heterocycles. The normalized spacial score (nSPS) is 16.8. The van der Waals surface area contributed by atoms with E-state index in [-0.39, 0.29) is 18.4 Å². The van der Waals surface area contributed by atoms with Crippen LogP contribution in [0.5, 0.6) is 0 Å². The minimum absolute atomic E-state index is 0. The molecule has 0 aliphatic heterocycles. The molecule has 0 saturated heterocycles. The van der Waals surface area contributed by atoms with Crippen LogP contribution in [0.4, 0.5) is 0 Å². The van der Waals surface area contributed by atoms with Crippen molar-refractivity contribution < 1.29 is 0 Å². The van der Waals surface area contributed by atoms with Crippen molar-refractivity contribution in [3.8, 4) is 0 Å². The maximum absolute atomic E-state index is 6.27. The number of halogens is 1. The van der Waals surface area contributed by atoms with Crippen LogP contribution in [0.2, 0.25) is 0 Å². The van der Waals surface area contributed by atoms with E-state index < -0.39 is 0 Å². The van der Waals surface area contributed by atoms with E-state index in [2.05, 4.69) is 42.5 Å². The Morgan fingerprint density at radius 3 is 2.44 bits per heavy atom. The predicted octanol–water partition coefficient (Wildman–Crippen LogP) is 3.67. The Morgan fingerprint density at radius 2 is 1.69 bits per heavy atom. The molecule has 0 aromatic heterocycles. The molecule has 2 aromatic carbocycles. The van der Waals surface area contributed by atoms with Crippen molar-refractivity contribution in [1.82, 2.24) is 0 Å². The van der Waals surface area contributed by atoms with Crippen LogP contribution in [0, 0.1) is 5.92 Å². The predicted molar refractivity (Wildman–Crippen MR) is 70.8 cm³/mol. The highest BCUT2D eigenvalue weighted by atomic mass is 35.5. The zero-order valence-electron chi connectivity index (χ0n) is 9.10. The van der Waals surface area contributed by atoms with Gasteiger partial charge < -0.3 is 5.73 Å². The van der Waals surface area contributed by atoms with Gasteiger partial charge in [0.1, 0.15) is 0 Å². The lowest BCUT2D eigenvalue weighted by Gasteiger charge is -2.13. The lowest BCUT2D eigenvalue weighted by atomic mass is 9.97. The summed E-state index contributed by atoms with van der Waals surface area (Å²) in [5.74, 6) is 0.718. The van der Waals surface area contributed by atoms with Gasteiger partial charge in [0.15, 0.2) is 0 Å². The number of fused-ring (bicyclic) bond motifs is 1. The molecule has 0 amide bonds. The summed E-state index contributed by atoms with van der Waals surface area (Å²) in [7, 11) is 0. The van der Waals surface area contributed by atoms with Crippen molar-refractivity contribution in [1.29, 1.82) is 0 Å².